The molecule has 0 aromatic carbocycles. The normalized spacial score (nSPS) is 23.4. The van der Waals surface area contributed by atoms with Gasteiger partial charge in [0.05, 0.1) is 0 Å². The summed E-state index contributed by atoms with van der Waals surface area (Å²) < 4.78 is 0. The second kappa shape index (κ2) is 5.72. The first kappa shape index (κ1) is 12.0. The van der Waals surface area contributed by atoms with Gasteiger partial charge in [-0.3, -0.25) is 0 Å². The van der Waals surface area contributed by atoms with E-state index in [-0.39, 0.29) is 5.41 Å². The third kappa shape index (κ3) is 3.25. The van der Waals surface area contributed by atoms with Crippen LogP contribution in [0, 0.1) is 11.3 Å². The van der Waals surface area contributed by atoms with Gasteiger partial charge in [0.2, 0.25) is 0 Å². The van der Waals surface area contributed by atoms with Crippen molar-refractivity contribution < 1.29 is 5.11 Å². The van der Waals surface area contributed by atoms with Gasteiger partial charge in [0, 0.05) is 6.61 Å². The average molecular weight is 199 g/mol. The topological polar surface area (TPSA) is 32.3 Å². The molecule has 0 aromatic rings. The summed E-state index contributed by atoms with van der Waals surface area (Å²) in [4.78, 5) is 0. The van der Waals surface area contributed by atoms with Gasteiger partial charge in [-0.25, -0.2) is 0 Å². The molecule has 2 N–H and O–H groups in total. The third-order valence-corrected chi connectivity index (χ3v) is 3.56. The van der Waals surface area contributed by atoms with Crippen molar-refractivity contribution in [3.8, 4) is 0 Å². The van der Waals surface area contributed by atoms with Crippen LogP contribution in [0.2, 0.25) is 0 Å². The van der Waals surface area contributed by atoms with Crippen LogP contribution in [-0.2, 0) is 0 Å². The smallest absolute Gasteiger partial charge is 0.0488 e. The number of hydrogen-bond acceptors (Lipinski definition) is 2. The number of nitrogens with one attached hydrogen (secondary N) is 1. The maximum Gasteiger partial charge on any atom is 0.0488 e. The van der Waals surface area contributed by atoms with Gasteiger partial charge in [-0.1, -0.05) is 26.7 Å². The highest BCUT2D eigenvalue weighted by molar-refractivity contribution is 4.85. The van der Waals surface area contributed by atoms with E-state index in [2.05, 4.69) is 19.2 Å². The first-order chi connectivity index (χ1) is 6.72. The van der Waals surface area contributed by atoms with E-state index >= 15 is 0 Å². The van der Waals surface area contributed by atoms with Gasteiger partial charge < -0.3 is 10.4 Å². The molecule has 84 valence electrons. The van der Waals surface area contributed by atoms with Crippen molar-refractivity contribution in [2.75, 3.05) is 19.7 Å². The number of aliphatic hydroxyl groups is 1. The van der Waals surface area contributed by atoms with Crippen molar-refractivity contribution in [3.63, 3.8) is 0 Å². The second-order valence-corrected chi connectivity index (χ2v) is 5.01. The number of aliphatic hydroxyl groups excluding tert-OH is 1. The Kier molecular flexibility index (Phi) is 4.90. The predicted molar refractivity (Wildman–Crippen MR) is 60.3 cm³/mol. The van der Waals surface area contributed by atoms with E-state index in [1.54, 1.807) is 0 Å². The number of hydrogen-bond donors (Lipinski definition) is 2. The Bertz CT molecular complexity index is 152. The van der Waals surface area contributed by atoms with Crippen molar-refractivity contribution >= 4 is 0 Å². The molecule has 0 amide bonds. The fraction of sp³-hybridized carbons (Fsp3) is 1.00. The van der Waals surface area contributed by atoms with E-state index in [1.807, 2.05) is 0 Å². The molecule has 1 saturated heterocycles. The molecule has 0 aromatic heterocycles. The maximum atomic E-state index is 9.53. The molecule has 1 atom stereocenters. The van der Waals surface area contributed by atoms with Gasteiger partial charge in [0.15, 0.2) is 0 Å². The summed E-state index contributed by atoms with van der Waals surface area (Å²) in [6, 6.07) is 0. The summed E-state index contributed by atoms with van der Waals surface area (Å²) in [6.07, 6.45) is 6.07. The van der Waals surface area contributed by atoms with Crippen LogP contribution in [0.4, 0.5) is 0 Å². The molecule has 1 aliphatic heterocycles. The fourth-order valence-corrected chi connectivity index (χ4v) is 2.72. The molecule has 0 aliphatic carbocycles. The second-order valence-electron chi connectivity index (χ2n) is 5.01. The van der Waals surface area contributed by atoms with Gasteiger partial charge in [-0.15, -0.1) is 0 Å². The van der Waals surface area contributed by atoms with E-state index in [0.29, 0.717) is 6.61 Å². The summed E-state index contributed by atoms with van der Waals surface area (Å²) >= 11 is 0. The Morgan fingerprint density at radius 2 is 2.00 bits per heavy atom. The largest absolute Gasteiger partial charge is 0.396 e. The molecule has 1 heterocycles. The molecular weight excluding hydrogens is 174 g/mol. The Balaban J connectivity index is 2.42. The fourth-order valence-electron chi connectivity index (χ4n) is 2.72. The molecule has 1 unspecified atom stereocenters. The predicted octanol–water partition coefficient (Wildman–Crippen LogP) is 2.17. The lowest BCUT2D eigenvalue weighted by Crippen LogP contribution is -2.40. The van der Waals surface area contributed by atoms with Gasteiger partial charge in [-0.05, 0) is 43.7 Å². The number of piperidine rings is 1. The zero-order valence-corrected chi connectivity index (χ0v) is 9.68. The van der Waals surface area contributed by atoms with E-state index in [9.17, 15) is 5.11 Å². The Hall–Kier alpha value is -0.0800. The minimum Gasteiger partial charge on any atom is -0.396 e. The highest BCUT2D eigenvalue weighted by atomic mass is 16.3. The van der Waals surface area contributed by atoms with Crippen LogP contribution >= 0.6 is 0 Å². The van der Waals surface area contributed by atoms with Gasteiger partial charge in [0.25, 0.3) is 0 Å². The van der Waals surface area contributed by atoms with Crippen molar-refractivity contribution in [3.05, 3.63) is 0 Å². The van der Waals surface area contributed by atoms with Crippen LogP contribution in [0.3, 0.4) is 0 Å². The Morgan fingerprint density at radius 3 is 2.50 bits per heavy atom. The van der Waals surface area contributed by atoms with Crippen LogP contribution in [0.25, 0.3) is 0 Å². The van der Waals surface area contributed by atoms with Crippen LogP contribution in [-0.4, -0.2) is 24.8 Å². The number of rotatable bonds is 5. The van der Waals surface area contributed by atoms with Crippen LogP contribution < -0.4 is 5.32 Å². The summed E-state index contributed by atoms with van der Waals surface area (Å²) in [5, 5.41) is 12.9. The van der Waals surface area contributed by atoms with Crippen LogP contribution in [0.15, 0.2) is 0 Å². The quantitative estimate of drug-likeness (QED) is 0.711. The standard InChI is InChI=1S/C12H25NO/c1-3-4-11(2)9-12(10-14)5-7-13-8-6-12/h11,13-14H,3-10H2,1-2H3. The highest BCUT2D eigenvalue weighted by Gasteiger charge is 2.32. The SMILES string of the molecule is CCCC(C)CC1(CO)CCNCC1. The van der Waals surface area contributed by atoms with Crippen LogP contribution in [0.5, 0.6) is 0 Å². The van der Waals surface area contributed by atoms with Crippen molar-refractivity contribution in [2.45, 2.75) is 46.0 Å². The van der Waals surface area contributed by atoms with E-state index in [1.165, 1.54) is 19.3 Å². The summed E-state index contributed by atoms with van der Waals surface area (Å²) in [7, 11) is 0. The monoisotopic (exact) mass is 199 g/mol. The zero-order valence-electron chi connectivity index (χ0n) is 9.68. The molecule has 1 aliphatic rings. The molecule has 2 nitrogen and oxygen atoms in total. The molecule has 14 heavy (non-hydrogen) atoms. The molecule has 0 spiro atoms. The van der Waals surface area contributed by atoms with E-state index in [0.717, 1.165) is 31.8 Å². The van der Waals surface area contributed by atoms with Gasteiger partial charge in [-0.2, -0.15) is 0 Å². The third-order valence-electron chi connectivity index (χ3n) is 3.56. The molecule has 1 rings (SSSR count). The van der Waals surface area contributed by atoms with Crippen molar-refractivity contribution in [2.24, 2.45) is 11.3 Å². The lowest BCUT2D eigenvalue weighted by Gasteiger charge is -2.38. The summed E-state index contributed by atoms with van der Waals surface area (Å²) in [6.45, 7) is 7.11. The van der Waals surface area contributed by atoms with Gasteiger partial charge in [0.1, 0.15) is 0 Å². The maximum absolute atomic E-state index is 9.53. The van der Waals surface area contributed by atoms with E-state index in [4.69, 9.17) is 0 Å². The van der Waals surface area contributed by atoms with Crippen molar-refractivity contribution in [1.29, 1.82) is 0 Å². The molecule has 2 heteroatoms. The first-order valence-electron chi connectivity index (χ1n) is 6.04. The minimum absolute atomic E-state index is 0.236. The average Bonchev–Trinajstić information content (AvgIpc) is 2.19. The summed E-state index contributed by atoms with van der Waals surface area (Å²) in [5.41, 5.74) is 0.236. The molecule has 0 radical (unpaired) electrons. The summed E-state index contributed by atoms with van der Waals surface area (Å²) in [5.74, 6) is 0.769. The van der Waals surface area contributed by atoms with Gasteiger partial charge >= 0.3 is 0 Å². The first-order valence-corrected chi connectivity index (χ1v) is 6.04. The molecule has 1 fully saturated rings. The van der Waals surface area contributed by atoms with Crippen LogP contribution in [0.1, 0.15) is 46.0 Å². The minimum atomic E-state index is 0.236. The van der Waals surface area contributed by atoms with Crippen molar-refractivity contribution in [1.82, 2.24) is 5.32 Å². The molecular formula is C12H25NO. The Morgan fingerprint density at radius 1 is 1.36 bits per heavy atom. The van der Waals surface area contributed by atoms with E-state index < -0.39 is 0 Å². The molecule has 0 bridgehead atoms. The lowest BCUT2D eigenvalue weighted by atomic mass is 9.73. The lowest BCUT2D eigenvalue weighted by molar-refractivity contribution is 0.0639. The highest BCUT2D eigenvalue weighted by Crippen LogP contribution is 2.36. The Labute approximate surface area is 88.1 Å². The molecule has 0 saturated carbocycles. The zero-order chi connectivity index (χ0) is 10.4.